The fraction of sp³-hybridized carbons (Fsp3) is 0.100. The second-order valence-corrected chi connectivity index (χ2v) is 3.75. The second kappa shape index (κ2) is 3.73. The summed E-state index contributed by atoms with van der Waals surface area (Å²) in [5.41, 5.74) is 0.615. The molecule has 0 N–H and O–H groups in total. The van der Waals surface area contributed by atoms with Crippen molar-refractivity contribution in [2.24, 2.45) is 0 Å². The SMILES string of the molecule is Cc1cc(F)c(-c2coc(Br)n2)cc1F. The summed E-state index contributed by atoms with van der Waals surface area (Å²) in [7, 11) is 0. The Labute approximate surface area is 93.1 Å². The molecule has 2 rings (SSSR count). The molecule has 0 atom stereocenters. The van der Waals surface area contributed by atoms with Gasteiger partial charge in [-0.05, 0) is 24.6 Å². The molecule has 1 aromatic carbocycles. The maximum atomic E-state index is 13.5. The van der Waals surface area contributed by atoms with Crippen LogP contribution >= 0.6 is 15.9 Å². The lowest BCUT2D eigenvalue weighted by Crippen LogP contribution is -1.90. The number of nitrogens with zero attached hydrogens (tertiary/aromatic N) is 1. The molecule has 1 heterocycles. The minimum absolute atomic E-state index is 0.0903. The number of aromatic nitrogens is 1. The van der Waals surface area contributed by atoms with Crippen LogP contribution in [0.5, 0.6) is 0 Å². The first-order valence-electron chi connectivity index (χ1n) is 4.15. The first-order valence-corrected chi connectivity index (χ1v) is 4.94. The van der Waals surface area contributed by atoms with E-state index in [0.717, 1.165) is 12.1 Å². The van der Waals surface area contributed by atoms with Crippen molar-refractivity contribution >= 4 is 15.9 Å². The molecule has 0 unspecified atom stereocenters. The van der Waals surface area contributed by atoms with E-state index in [0.29, 0.717) is 0 Å². The molecule has 0 amide bonds. The summed E-state index contributed by atoms with van der Waals surface area (Å²) in [6.45, 7) is 1.50. The largest absolute Gasteiger partial charge is 0.439 e. The van der Waals surface area contributed by atoms with Crippen LogP contribution in [0.4, 0.5) is 8.78 Å². The van der Waals surface area contributed by atoms with E-state index in [1.54, 1.807) is 0 Å². The lowest BCUT2D eigenvalue weighted by Gasteiger charge is -2.01. The average molecular weight is 274 g/mol. The van der Waals surface area contributed by atoms with E-state index in [1.165, 1.54) is 13.2 Å². The highest BCUT2D eigenvalue weighted by Gasteiger charge is 2.12. The number of benzene rings is 1. The van der Waals surface area contributed by atoms with Crippen molar-refractivity contribution in [1.29, 1.82) is 0 Å². The summed E-state index contributed by atoms with van der Waals surface area (Å²) in [6.07, 6.45) is 1.26. The van der Waals surface area contributed by atoms with Gasteiger partial charge in [-0.25, -0.2) is 13.8 Å². The van der Waals surface area contributed by atoms with Crippen LogP contribution in [-0.2, 0) is 0 Å². The lowest BCUT2D eigenvalue weighted by molar-refractivity contribution is 0.529. The molecule has 5 heteroatoms. The zero-order valence-electron chi connectivity index (χ0n) is 7.72. The topological polar surface area (TPSA) is 26.0 Å². The fourth-order valence-electron chi connectivity index (χ4n) is 1.22. The zero-order chi connectivity index (χ0) is 11.0. The van der Waals surface area contributed by atoms with Crippen molar-refractivity contribution in [3.05, 3.63) is 40.4 Å². The van der Waals surface area contributed by atoms with Gasteiger partial charge in [-0.15, -0.1) is 0 Å². The van der Waals surface area contributed by atoms with Crippen LogP contribution in [0.2, 0.25) is 0 Å². The van der Waals surface area contributed by atoms with Gasteiger partial charge < -0.3 is 4.42 Å². The van der Waals surface area contributed by atoms with Gasteiger partial charge in [0.1, 0.15) is 23.6 Å². The molecule has 78 valence electrons. The Morgan fingerprint density at radius 1 is 1.27 bits per heavy atom. The predicted molar refractivity (Wildman–Crippen MR) is 54.3 cm³/mol. The van der Waals surface area contributed by atoms with Gasteiger partial charge in [-0.1, -0.05) is 0 Å². The minimum Gasteiger partial charge on any atom is -0.439 e. The van der Waals surface area contributed by atoms with Crippen molar-refractivity contribution < 1.29 is 13.2 Å². The molecule has 1 aromatic heterocycles. The highest BCUT2D eigenvalue weighted by Crippen LogP contribution is 2.25. The number of rotatable bonds is 1. The predicted octanol–water partition coefficient (Wildman–Crippen LogP) is 3.69. The number of oxazole rings is 1. The summed E-state index contributed by atoms with van der Waals surface area (Å²) in [5.74, 6) is -0.986. The van der Waals surface area contributed by atoms with Crippen LogP contribution in [0.25, 0.3) is 11.3 Å². The summed E-state index contributed by atoms with van der Waals surface area (Å²) in [4.78, 5) is 4.09. The van der Waals surface area contributed by atoms with Gasteiger partial charge in [0.2, 0.25) is 0 Å². The number of aryl methyl sites for hydroxylation is 1. The molecule has 0 spiro atoms. The molecule has 2 nitrogen and oxygen atoms in total. The molecule has 0 saturated carbocycles. The van der Waals surface area contributed by atoms with Crippen LogP contribution in [0.15, 0.2) is 27.6 Å². The van der Waals surface area contributed by atoms with Crippen LogP contribution in [-0.4, -0.2) is 4.98 Å². The van der Waals surface area contributed by atoms with Crippen molar-refractivity contribution in [2.75, 3.05) is 0 Å². The molecule has 2 aromatic rings. The molecule has 0 radical (unpaired) electrons. The third-order valence-corrected chi connectivity index (χ3v) is 2.36. The van der Waals surface area contributed by atoms with Crippen LogP contribution in [0.3, 0.4) is 0 Å². The Kier molecular flexibility index (Phi) is 2.56. The van der Waals surface area contributed by atoms with Gasteiger partial charge >= 0.3 is 0 Å². The first kappa shape index (κ1) is 10.3. The van der Waals surface area contributed by atoms with E-state index >= 15 is 0 Å². The highest BCUT2D eigenvalue weighted by molar-refractivity contribution is 9.10. The number of hydrogen-bond acceptors (Lipinski definition) is 2. The molecule has 0 fully saturated rings. The van der Waals surface area contributed by atoms with Gasteiger partial charge in [0.15, 0.2) is 0 Å². The monoisotopic (exact) mass is 273 g/mol. The Hall–Kier alpha value is -1.23. The Bertz CT molecular complexity index is 510. The van der Waals surface area contributed by atoms with Crippen molar-refractivity contribution in [2.45, 2.75) is 6.92 Å². The highest BCUT2D eigenvalue weighted by atomic mass is 79.9. The van der Waals surface area contributed by atoms with Gasteiger partial charge in [0.05, 0.1) is 0 Å². The fourth-order valence-corrected chi connectivity index (χ4v) is 1.50. The third-order valence-electron chi connectivity index (χ3n) is 2.00. The molecule has 0 aliphatic rings. The lowest BCUT2D eigenvalue weighted by atomic mass is 10.1. The van der Waals surface area contributed by atoms with Crippen molar-refractivity contribution in [3.8, 4) is 11.3 Å². The molecule has 0 saturated heterocycles. The second-order valence-electron chi connectivity index (χ2n) is 3.07. The molecule has 15 heavy (non-hydrogen) atoms. The van der Waals surface area contributed by atoms with Gasteiger partial charge in [0, 0.05) is 21.5 Å². The summed E-state index contributed by atoms with van der Waals surface area (Å²) < 4.78 is 31.5. The average Bonchev–Trinajstić information content (AvgIpc) is 2.58. The zero-order valence-corrected chi connectivity index (χ0v) is 9.31. The maximum Gasteiger partial charge on any atom is 0.264 e. The van der Waals surface area contributed by atoms with E-state index in [1.807, 2.05) is 0 Å². The molecular formula is C10H6BrF2NO. The van der Waals surface area contributed by atoms with Crippen molar-refractivity contribution in [1.82, 2.24) is 4.98 Å². The Morgan fingerprint density at radius 3 is 2.60 bits per heavy atom. The Morgan fingerprint density at radius 2 is 2.00 bits per heavy atom. The molecule has 0 aliphatic carbocycles. The van der Waals surface area contributed by atoms with Gasteiger partial charge in [0.25, 0.3) is 4.80 Å². The van der Waals surface area contributed by atoms with E-state index in [2.05, 4.69) is 20.9 Å². The van der Waals surface area contributed by atoms with E-state index < -0.39 is 11.6 Å². The van der Waals surface area contributed by atoms with E-state index in [4.69, 9.17) is 4.42 Å². The van der Waals surface area contributed by atoms with Crippen molar-refractivity contribution in [3.63, 3.8) is 0 Å². The third kappa shape index (κ3) is 1.92. The molecular weight excluding hydrogens is 268 g/mol. The summed E-state index contributed by atoms with van der Waals surface area (Å²) in [5, 5.41) is 0. The van der Waals surface area contributed by atoms with Gasteiger partial charge in [-0.3, -0.25) is 0 Å². The minimum atomic E-state index is -0.519. The quantitative estimate of drug-likeness (QED) is 0.792. The maximum absolute atomic E-state index is 13.5. The normalized spacial score (nSPS) is 10.7. The van der Waals surface area contributed by atoms with Gasteiger partial charge in [-0.2, -0.15) is 0 Å². The molecule has 0 bridgehead atoms. The standard InChI is InChI=1S/C10H6BrF2NO/c1-5-2-8(13)6(3-7(5)12)9-4-15-10(11)14-9/h2-4H,1H3. The Balaban J connectivity index is 2.58. The summed E-state index contributed by atoms with van der Waals surface area (Å²) in [6, 6.07) is 2.24. The summed E-state index contributed by atoms with van der Waals surface area (Å²) >= 11 is 2.99. The first-order chi connectivity index (χ1) is 7.08. The van der Waals surface area contributed by atoms with E-state index in [9.17, 15) is 8.78 Å². The van der Waals surface area contributed by atoms with Crippen LogP contribution in [0, 0.1) is 18.6 Å². The van der Waals surface area contributed by atoms with Crippen LogP contribution in [0.1, 0.15) is 5.56 Å². The van der Waals surface area contributed by atoms with Crippen LogP contribution < -0.4 is 0 Å². The van der Waals surface area contributed by atoms with E-state index in [-0.39, 0.29) is 21.6 Å². The number of halogens is 3. The smallest absolute Gasteiger partial charge is 0.264 e. The molecule has 0 aliphatic heterocycles. The number of hydrogen-bond donors (Lipinski definition) is 0.